The van der Waals surface area contributed by atoms with Gasteiger partial charge in [-0.1, -0.05) is 63.0 Å². The van der Waals surface area contributed by atoms with E-state index in [2.05, 4.69) is 18.1 Å². The molecule has 1 aromatic rings. The van der Waals surface area contributed by atoms with Crippen LogP contribution in [0.5, 0.6) is 0 Å². The highest BCUT2D eigenvalue weighted by Gasteiger charge is 2.43. The zero-order chi connectivity index (χ0) is 18.2. The molecule has 0 aliphatic heterocycles. The molecule has 0 bridgehead atoms. The molecule has 0 unspecified atom stereocenters. The predicted octanol–water partition coefficient (Wildman–Crippen LogP) is 6.27. The second kappa shape index (κ2) is 9.61. The van der Waals surface area contributed by atoms with E-state index in [-0.39, 0.29) is 0 Å². The Morgan fingerprint density at radius 1 is 0.846 bits per heavy atom. The van der Waals surface area contributed by atoms with Crippen LogP contribution in [0.1, 0.15) is 94.6 Å². The average molecular weight is 353 g/mol. The Kier molecular flexibility index (Phi) is 7.21. The van der Waals surface area contributed by atoms with Crippen LogP contribution in [0.15, 0.2) is 24.3 Å². The molecule has 0 amide bonds. The fraction of sp³-hybridized carbons (Fsp3) is 0.680. The third-order valence-corrected chi connectivity index (χ3v) is 7.04. The molecule has 2 aliphatic rings. The van der Waals surface area contributed by atoms with E-state index < -0.39 is 5.60 Å². The molecule has 1 heteroatoms. The topological polar surface area (TPSA) is 20.2 Å². The van der Waals surface area contributed by atoms with E-state index >= 15 is 0 Å². The van der Waals surface area contributed by atoms with Crippen LogP contribution in [0.25, 0.3) is 0 Å². The first-order chi connectivity index (χ1) is 12.7. The van der Waals surface area contributed by atoms with Crippen LogP contribution in [0, 0.1) is 24.2 Å². The molecule has 2 fully saturated rings. The van der Waals surface area contributed by atoms with Crippen molar-refractivity contribution in [2.45, 2.75) is 95.5 Å². The number of hydrogen-bond donors (Lipinski definition) is 1. The molecule has 26 heavy (non-hydrogen) atoms. The van der Waals surface area contributed by atoms with Gasteiger partial charge in [0.25, 0.3) is 0 Å². The van der Waals surface area contributed by atoms with Crippen molar-refractivity contribution in [3.8, 4) is 12.3 Å². The maximum absolute atomic E-state index is 11.8. The Morgan fingerprint density at radius 3 is 1.88 bits per heavy atom. The Morgan fingerprint density at radius 2 is 1.38 bits per heavy atom. The van der Waals surface area contributed by atoms with Gasteiger partial charge in [-0.25, -0.2) is 0 Å². The lowest BCUT2D eigenvalue weighted by Gasteiger charge is -2.46. The van der Waals surface area contributed by atoms with Gasteiger partial charge < -0.3 is 5.11 Å². The van der Waals surface area contributed by atoms with Gasteiger partial charge in [0.05, 0.1) is 5.60 Å². The quantitative estimate of drug-likeness (QED) is 0.453. The van der Waals surface area contributed by atoms with E-state index in [1.807, 2.05) is 12.1 Å². The van der Waals surface area contributed by atoms with E-state index in [1.54, 1.807) is 0 Å². The highest BCUT2D eigenvalue weighted by Crippen LogP contribution is 2.45. The first kappa shape index (κ1) is 19.5. The highest BCUT2D eigenvalue weighted by atomic mass is 16.3. The summed E-state index contributed by atoms with van der Waals surface area (Å²) in [5, 5.41) is 11.8. The SMILES string of the molecule is C#Cc1ccc(CCCCC(O)(C2CCCCC2)C2CCCCC2)cc1. The van der Waals surface area contributed by atoms with Gasteiger partial charge in [0.2, 0.25) is 0 Å². The maximum Gasteiger partial charge on any atom is 0.0703 e. The summed E-state index contributed by atoms with van der Waals surface area (Å²) in [6.45, 7) is 0. The van der Waals surface area contributed by atoms with Crippen LogP contribution in [0.2, 0.25) is 0 Å². The largest absolute Gasteiger partial charge is 0.389 e. The zero-order valence-corrected chi connectivity index (χ0v) is 16.4. The third kappa shape index (κ3) is 4.92. The summed E-state index contributed by atoms with van der Waals surface area (Å²) >= 11 is 0. The third-order valence-electron chi connectivity index (χ3n) is 7.04. The summed E-state index contributed by atoms with van der Waals surface area (Å²) in [6.07, 6.45) is 22.9. The van der Waals surface area contributed by atoms with Gasteiger partial charge in [0.15, 0.2) is 0 Å². The summed E-state index contributed by atoms with van der Waals surface area (Å²) in [5.41, 5.74) is 1.93. The Labute approximate surface area is 160 Å². The molecule has 3 rings (SSSR count). The van der Waals surface area contributed by atoms with E-state index in [4.69, 9.17) is 6.42 Å². The molecule has 142 valence electrons. The van der Waals surface area contributed by atoms with Gasteiger partial charge in [0.1, 0.15) is 0 Å². The minimum absolute atomic E-state index is 0.395. The average Bonchev–Trinajstić information content (AvgIpc) is 2.73. The van der Waals surface area contributed by atoms with Crippen molar-refractivity contribution in [1.29, 1.82) is 0 Å². The minimum Gasteiger partial charge on any atom is -0.389 e. The molecule has 0 heterocycles. The molecule has 0 aromatic heterocycles. The van der Waals surface area contributed by atoms with E-state index in [0.29, 0.717) is 11.8 Å². The Bertz CT molecular complexity index is 549. The van der Waals surface area contributed by atoms with Crippen molar-refractivity contribution >= 4 is 0 Å². The lowest BCUT2D eigenvalue weighted by Crippen LogP contribution is -2.46. The van der Waals surface area contributed by atoms with E-state index in [0.717, 1.165) is 31.2 Å². The van der Waals surface area contributed by atoms with Crippen LogP contribution >= 0.6 is 0 Å². The highest BCUT2D eigenvalue weighted by molar-refractivity contribution is 5.34. The molecule has 0 atom stereocenters. The van der Waals surface area contributed by atoms with Crippen molar-refractivity contribution in [3.63, 3.8) is 0 Å². The molecule has 1 nitrogen and oxygen atoms in total. The number of unbranched alkanes of at least 4 members (excludes halogenated alkanes) is 1. The summed E-state index contributed by atoms with van der Waals surface area (Å²) < 4.78 is 0. The first-order valence-corrected chi connectivity index (χ1v) is 11.0. The predicted molar refractivity (Wildman–Crippen MR) is 110 cm³/mol. The smallest absolute Gasteiger partial charge is 0.0703 e. The van der Waals surface area contributed by atoms with Crippen molar-refractivity contribution < 1.29 is 5.11 Å². The van der Waals surface area contributed by atoms with E-state index in [1.165, 1.54) is 69.8 Å². The fourth-order valence-electron chi connectivity index (χ4n) is 5.45. The minimum atomic E-state index is -0.395. The molecule has 0 spiro atoms. The molecule has 0 radical (unpaired) electrons. The van der Waals surface area contributed by atoms with Crippen LogP contribution in [-0.2, 0) is 6.42 Å². The lowest BCUT2D eigenvalue weighted by atomic mass is 9.64. The van der Waals surface area contributed by atoms with Gasteiger partial charge >= 0.3 is 0 Å². The van der Waals surface area contributed by atoms with Crippen LogP contribution < -0.4 is 0 Å². The van der Waals surface area contributed by atoms with Crippen molar-refractivity contribution in [2.75, 3.05) is 0 Å². The van der Waals surface area contributed by atoms with Crippen molar-refractivity contribution in [3.05, 3.63) is 35.4 Å². The fourth-order valence-corrected chi connectivity index (χ4v) is 5.45. The van der Waals surface area contributed by atoms with Gasteiger partial charge in [-0.05, 0) is 74.5 Å². The first-order valence-electron chi connectivity index (χ1n) is 11.0. The van der Waals surface area contributed by atoms with Crippen molar-refractivity contribution in [1.82, 2.24) is 0 Å². The number of rotatable bonds is 7. The van der Waals surface area contributed by atoms with Gasteiger partial charge in [-0.2, -0.15) is 0 Å². The number of aryl methyl sites for hydroxylation is 1. The molecule has 0 saturated heterocycles. The standard InChI is InChI=1S/C25H36O/c1-2-21-16-18-22(19-17-21)11-9-10-20-25(26,23-12-5-3-6-13-23)24-14-7-4-8-15-24/h1,16-19,23-24,26H,3-15,20H2. The number of terminal acetylenes is 1. The Balaban J connectivity index is 1.55. The second-order valence-electron chi connectivity index (χ2n) is 8.71. The summed E-state index contributed by atoms with van der Waals surface area (Å²) in [5.74, 6) is 3.78. The van der Waals surface area contributed by atoms with E-state index in [9.17, 15) is 5.11 Å². The number of aliphatic hydroxyl groups is 1. The molecule has 2 saturated carbocycles. The Hall–Kier alpha value is -1.26. The van der Waals surface area contributed by atoms with Crippen LogP contribution in [0.3, 0.4) is 0 Å². The van der Waals surface area contributed by atoms with Crippen molar-refractivity contribution in [2.24, 2.45) is 11.8 Å². The molecular weight excluding hydrogens is 316 g/mol. The normalized spacial score (nSPS) is 20.0. The zero-order valence-electron chi connectivity index (χ0n) is 16.4. The van der Waals surface area contributed by atoms with Gasteiger partial charge in [-0.15, -0.1) is 6.42 Å². The maximum atomic E-state index is 11.8. The van der Waals surface area contributed by atoms with Crippen LogP contribution in [-0.4, -0.2) is 10.7 Å². The van der Waals surface area contributed by atoms with Gasteiger partial charge in [0, 0.05) is 5.56 Å². The van der Waals surface area contributed by atoms with Gasteiger partial charge in [-0.3, -0.25) is 0 Å². The molecular formula is C25H36O. The molecule has 2 aliphatic carbocycles. The number of benzene rings is 1. The molecule has 1 N–H and O–H groups in total. The monoisotopic (exact) mass is 352 g/mol. The summed E-state index contributed by atoms with van der Waals surface area (Å²) in [4.78, 5) is 0. The molecule has 1 aromatic carbocycles. The summed E-state index contributed by atoms with van der Waals surface area (Å²) in [6, 6.07) is 8.39. The van der Waals surface area contributed by atoms with Crippen LogP contribution in [0.4, 0.5) is 0 Å². The summed E-state index contributed by atoms with van der Waals surface area (Å²) in [7, 11) is 0. The lowest BCUT2D eigenvalue weighted by molar-refractivity contribution is -0.0989. The second-order valence-corrected chi connectivity index (χ2v) is 8.71. The number of hydrogen-bond acceptors (Lipinski definition) is 1.